The van der Waals surface area contributed by atoms with Crippen LogP contribution in [-0.2, 0) is 4.74 Å². The van der Waals surface area contributed by atoms with Gasteiger partial charge in [0.05, 0.1) is 5.56 Å². The molecule has 2 N–H and O–H groups in total. The number of halogens is 1. The van der Waals surface area contributed by atoms with Crippen LogP contribution in [-0.4, -0.2) is 28.5 Å². The summed E-state index contributed by atoms with van der Waals surface area (Å²) in [5.74, 6) is -0.879. The molecule has 0 saturated heterocycles. The summed E-state index contributed by atoms with van der Waals surface area (Å²) in [5.41, 5.74) is 0.331. The number of carboxylic acid groups (broad SMARTS) is 1. The third-order valence-electron chi connectivity index (χ3n) is 1.32. The van der Waals surface area contributed by atoms with E-state index in [-0.39, 0.29) is 6.07 Å². The van der Waals surface area contributed by atoms with Gasteiger partial charge in [-0.05, 0) is 19.1 Å². The lowest BCUT2D eigenvalue weighted by molar-refractivity contribution is -0.0670. The number of alkyl halides is 1. The van der Waals surface area contributed by atoms with E-state index >= 15 is 0 Å². The quantitative estimate of drug-likeness (QED) is 0.617. The molecule has 0 heterocycles. The summed E-state index contributed by atoms with van der Waals surface area (Å²) >= 11 is 5.01. The van der Waals surface area contributed by atoms with Gasteiger partial charge in [0, 0.05) is 0 Å². The van der Waals surface area contributed by atoms with Crippen molar-refractivity contribution in [1.29, 1.82) is 0 Å². The number of carbonyl (C=O) groups is 1. The number of aromatic carboxylic acids is 1. The molecule has 5 heteroatoms. The van der Waals surface area contributed by atoms with E-state index in [0.29, 0.717) is 5.56 Å². The van der Waals surface area contributed by atoms with Crippen molar-refractivity contribution in [2.75, 3.05) is 6.07 Å². The van der Waals surface area contributed by atoms with Crippen molar-refractivity contribution in [3.8, 4) is 0 Å². The van der Waals surface area contributed by atoms with Crippen LogP contribution in [0.15, 0.2) is 30.3 Å². The molecule has 0 fully saturated rings. The molecule has 1 aromatic carbocycles. The highest BCUT2D eigenvalue weighted by atomic mass is 35.5. The molecule has 15 heavy (non-hydrogen) atoms. The summed E-state index contributed by atoms with van der Waals surface area (Å²) in [5, 5.41) is 16.6. The minimum atomic E-state index is -0.879. The van der Waals surface area contributed by atoms with Gasteiger partial charge in [-0.2, -0.15) is 0 Å². The SMILES string of the molecule is CC(O)OCCl.O=C(O)c1ccccc1. The molecule has 4 nitrogen and oxygen atoms in total. The Labute approximate surface area is 93.1 Å². The smallest absolute Gasteiger partial charge is 0.335 e. The van der Waals surface area contributed by atoms with Crippen molar-refractivity contribution in [3.05, 3.63) is 35.9 Å². The van der Waals surface area contributed by atoms with Crippen LogP contribution in [0.5, 0.6) is 0 Å². The summed E-state index contributed by atoms with van der Waals surface area (Å²) in [6.45, 7) is 1.50. The van der Waals surface area contributed by atoms with Gasteiger partial charge < -0.3 is 14.9 Å². The zero-order valence-corrected chi connectivity index (χ0v) is 9.02. The summed E-state index contributed by atoms with van der Waals surface area (Å²) in [6.07, 6.45) is -0.734. The van der Waals surface area contributed by atoms with Gasteiger partial charge in [0.2, 0.25) is 0 Å². The topological polar surface area (TPSA) is 66.8 Å². The number of aliphatic hydroxyl groups excluding tert-OH is 1. The highest BCUT2D eigenvalue weighted by Gasteiger charge is 1.96. The second kappa shape index (κ2) is 8.23. The lowest BCUT2D eigenvalue weighted by Gasteiger charge is -1.98. The Morgan fingerprint density at radius 3 is 2.20 bits per heavy atom. The summed E-state index contributed by atoms with van der Waals surface area (Å²) in [7, 11) is 0. The van der Waals surface area contributed by atoms with E-state index < -0.39 is 12.3 Å². The average Bonchev–Trinajstić information content (AvgIpc) is 2.20. The number of hydrogen-bond donors (Lipinski definition) is 2. The Balaban J connectivity index is 0.000000288. The van der Waals surface area contributed by atoms with Crippen LogP contribution < -0.4 is 0 Å². The monoisotopic (exact) mass is 232 g/mol. The van der Waals surface area contributed by atoms with E-state index in [2.05, 4.69) is 4.74 Å². The summed E-state index contributed by atoms with van der Waals surface area (Å²) < 4.78 is 4.36. The number of benzene rings is 1. The van der Waals surface area contributed by atoms with E-state index in [1.54, 1.807) is 30.3 Å². The molecule has 0 amide bonds. The lowest BCUT2D eigenvalue weighted by Crippen LogP contribution is -2.03. The second-order valence-corrected chi connectivity index (χ2v) is 2.76. The van der Waals surface area contributed by atoms with Crippen molar-refractivity contribution in [1.82, 2.24) is 0 Å². The molecule has 0 radical (unpaired) electrons. The minimum Gasteiger partial charge on any atom is -0.478 e. The predicted molar refractivity (Wildman–Crippen MR) is 56.9 cm³/mol. The normalized spacial score (nSPS) is 11.1. The van der Waals surface area contributed by atoms with Gasteiger partial charge in [0.15, 0.2) is 6.29 Å². The fourth-order valence-electron chi connectivity index (χ4n) is 0.672. The van der Waals surface area contributed by atoms with E-state index in [4.69, 9.17) is 21.8 Å². The third kappa shape index (κ3) is 7.93. The maximum atomic E-state index is 10.2. The minimum absolute atomic E-state index is 0.0532. The lowest BCUT2D eigenvalue weighted by atomic mass is 10.2. The van der Waals surface area contributed by atoms with E-state index in [1.165, 1.54) is 6.92 Å². The first-order chi connectivity index (χ1) is 7.07. The molecule has 1 unspecified atom stereocenters. The highest BCUT2D eigenvalue weighted by molar-refractivity contribution is 6.17. The van der Waals surface area contributed by atoms with Gasteiger partial charge in [0.1, 0.15) is 6.07 Å². The Bertz CT molecular complexity index is 274. The Hall–Kier alpha value is -1.10. The zero-order valence-electron chi connectivity index (χ0n) is 8.26. The molecule has 1 rings (SSSR count). The number of hydrogen-bond acceptors (Lipinski definition) is 3. The van der Waals surface area contributed by atoms with Crippen LogP contribution in [0.4, 0.5) is 0 Å². The van der Waals surface area contributed by atoms with Crippen LogP contribution >= 0.6 is 11.6 Å². The first-order valence-corrected chi connectivity index (χ1v) is 4.75. The molecule has 1 aromatic rings. The van der Waals surface area contributed by atoms with Crippen LogP contribution in [0.25, 0.3) is 0 Å². The summed E-state index contributed by atoms with van der Waals surface area (Å²) in [6, 6.07) is 8.35. The fraction of sp³-hybridized carbons (Fsp3) is 0.300. The molecule has 0 spiro atoms. The van der Waals surface area contributed by atoms with Gasteiger partial charge in [-0.3, -0.25) is 0 Å². The zero-order chi connectivity index (χ0) is 11.7. The maximum Gasteiger partial charge on any atom is 0.335 e. The van der Waals surface area contributed by atoms with Gasteiger partial charge in [-0.15, -0.1) is 0 Å². The Kier molecular flexibility index (Phi) is 7.62. The van der Waals surface area contributed by atoms with Gasteiger partial charge in [-0.25, -0.2) is 4.79 Å². The van der Waals surface area contributed by atoms with E-state index in [9.17, 15) is 4.79 Å². The molecular weight excluding hydrogens is 220 g/mol. The standard InChI is InChI=1S/C7H6O2.C3H7ClO2/c8-7(9)6-4-2-1-3-5-6;1-3(5)6-2-4/h1-5H,(H,8,9);3,5H,2H2,1H3. The van der Waals surface area contributed by atoms with E-state index in [0.717, 1.165) is 0 Å². The first kappa shape index (κ1) is 13.9. The van der Waals surface area contributed by atoms with Crippen LogP contribution in [0.3, 0.4) is 0 Å². The van der Waals surface area contributed by atoms with Crippen molar-refractivity contribution in [2.45, 2.75) is 13.2 Å². The molecule has 0 aliphatic rings. The van der Waals surface area contributed by atoms with Crippen molar-refractivity contribution >= 4 is 17.6 Å². The average molecular weight is 233 g/mol. The van der Waals surface area contributed by atoms with E-state index in [1.807, 2.05) is 0 Å². The fourth-order valence-corrected chi connectivity index (χ4v) is 0.854. The highest BCUT2D eigenvalue weighted by Crippen LogP contribution is 1.96. The number of carboxylic acids is 1. The third-order valence-corrected chi connectivity index (χ3v) is 1.45. The number of aliphatic hydroxyl groups is 1. The Morgan fingerprint density at radius 1 is 1.47 bits per heavy atom. The van der Waals surface area contributed by atoms with Gasteiger partial charge >= 0.3 is 5.97 Å². The maximum absolute atomic E-state index is 10.2. The van der Waals surface area contributed by atoms with Crippen molar-refractivity contribution < 1.29 is 19.7 Å². The van der Waals surface area contributed by atoms with Crippen molar-refractivity contribution in [2.24, 2.45) is 0 Å². The Morgan fingerprint density at radius 2 is 2.00 bits per heavy atom. The van der Waals surface area contributed by atoms with Gasteiger partial charge in [0.25, 0.3) is 0 Å². The molecule has 0 aromatic heterocycles. The second-order valence-electron chi connectivity index (χ2n) is 2.55. The van der Waals surface area contributed by atoms with Crippen LogP contribution in [0.1, 0.15) is 17.3 Å². The molecular formula is C10H13ClO4. The molecule has 84 valence electrons. The number of rotatable bonds is 3. The first-order valence-electron chi connectivity index (χ1n) is 4.22. The summed E-state index contributed by atoms with van der Waals surface area (Å²) in [4.78, 5) is 10.2. The van der Waals surface area contributed by atoms with Crippen LogP contribution in [0, 0.1) is 0 Å². The molecule has 0 aliphatic heterocycles. The molecule has 1 atom stereocenters. The number of ether oxygens (including phenoxy) is 1. The van der Waals surface area contributed by atoms with Crippen LogP contribution in [0.2, 0.25) is 0 Å². The molecule has 0 aliphatic carbocycles. The predicted octanol–water partition coefficient (Wildman–Crippen LogP) is 1.92. The molecule has 0 bridgehead atoms. The largest absolute Gasteiger partial charge is 0.478 e. The molecule has 0 saturated carbocycles. The van der Waals surface area contributed by atoms with Crippen molar-refractivity contribution in [3.63, 3.8) is 0 Å². The van der Waals surface area contributed by atoms with Gasteiger partial charge in [-0.1, -0.05) is 29.8 Å².